The van der Waals surface area contributed by atoms with Crippen molar-refractivity contribution in [1.29, 1.82) is 0 Å². The number of esters is 1. The van der Waals surface area contributed by atoms with Gasteiger partial charge in [0, 0.05) is 13.5 Å². The Morgan fingerprint density at radius 1 is 1.33 bits per heavy atom. The third kappa shape index (κ3) is 5.46. The highest BCUT2D eigenvalue weighted by Gasteiger charge is 1.95. The van der Waals surface area contributed by atoms with Gasteiger partial charge in [-0.2, -0.15) is 0 Å². The minimum atomic E-state index is -0.303. The Morgan fingerprint density at radius 3 is 2.42 bits per heavy atom. The molecule has 0 rings (SSSR count). The Balaban J connectivity index is 3.50. The molecule has 0 atom stereocenters. The summed E-state index contributed by atoms with van der Waals surface area (Å²) in [7, 11) is 2.89. The molecular formula is C8H13NO3. The van der Waals surface area contributed by atoms with Gasteiger partial charge in [0.2, 0.25) is 5.91 Å². The van der Waals surface area contributed by atoms with Crippen LogP contribution in [0.5, 0.6) is 0 Å². The Bertz CT molecular complexity index is 167. The highest BCUT2D eigenvalue weighted by Crippen LogP contribution is 1.89. The molecule has 4 heteroatoms. The number of hydrogen-bond acceptors (Lipinski definition) is 3. The molecule has 0 radical (unpaired) electrons. The number of rotatable bonds is 4. The van der Waals surface area contributed by atoms with Gasteiger partial charge in [0.15, 0.2) is 0 Å². The first-order valence-corrected chi connectivity index (χ1v) is 3.63. The number of amides is 1. The fourth-order valence-electron chi connectivity index (χ4n) is 0.555. The van der Waals surface area contributed by atoms with Crippen molar-refractivity contribution in [2.75, 3.05) is 14.2 Å². The molecule has 0 spiro atoms. The van der Waals surface area contributed by atoms with E-state index in [-0.39, 0.29) is 18.3 Å². The maximum Gasteiger partial charge on any atom is 0.309 e. The maximum absolute atomic E-state index is 10.6. The summed E-state index contributed by atoms with van der Waals surface area (Å²) in [6.07, 6.45) is 3.76. The molecule has 68 valence electrons. The lowest BCUT2D eigenvalue weighted by Gasteiger charge is -1.93. The van der Waals surface area contributed by atoms with Crippen molar-refractivity contribution in [2.45, 2.75) is 12.8 Å². The summed E-state index contributed by atoms with van der Waals surface area (Å²) in [6.45, 7) is 0. The average Bonchev–Trinajstić information content (AvgIpc) is 2.11. The first-order valence-electron chi connectivity index (χ1n) is 3.63. The van der Waals surface area contributed by atoms with Crippen molar-refractivity contribution >= 4 is 11.9 Å². The standard InChI is InChI=1S/C8H13NO3/c1-9-7(10)5-3-4-6-8(11)12-2/h3-4H,5-6H2,1-2H3,(H,9,10). The molecule has 0 unspecified atom stereocenters. The lowest BCUT2D eigenvalue weighted by atomic mass is 10.3. The summed E-state index contributed by atoms with van der Waals surface area (Å²) in [5.74, 6) is -0.376. The molecule has 0 aromatic heterocycles. The average molecular weight is 171 g/mol. The number of hydrogen-bond donors (Lipinski definition) is 1. The van der Waals surface area contributed by atoms with Crippen molar-refractivity contribution in [2.24, 2.45) is 0 Å². The smallest absolute Gasteiger partial charge is 0.309 e. The van der Waals surface area contributed by atoms with Gasteiger partial charge in [-0.25, -0.2) is 0 Å². The lowest BCUT2D eigenvalue weighted by molar-refractivity contribution is -0.139. The molecule has 0 fully saturated rings. The molecule has 0 aliphatic heterocycles. The Hall–Kier alpha value is -1.32. The molecule has 12 heavy (non-hydrogen) atoms. The fraction of sp³-hybridized carbons (Fsp3) is 0.500. The molecule has 0 aromatic carbocycles. The molecule has 0 aliphatic rings. The maximum atomic E-state index is 10.6. The number of methoxy groups -OCH3 is 1. The normalized spacial score (nSPS) is 9.83. The second kappa shape index (κ2) is 6.39. The van der Waals surface area contributed by atoms with Crippen LogP contribution in [0.25, 0.3) is 0 Å². The van der Waals surface area contributed by atoms with Gasteiger partial charge in [-0.1, -0.05) is 12.2 Å². The Labute approximate surface area is 71.6 Å². The highest BCUT2D eigenvalue weighted by molar-refractivity contribution is 5.77. The van der Waals surface area contributed by atoms with E-state index in [0.29, 0.717) is 6.42 Å². The van der Waals surface area contributed by atoms with Crippen LogP contribution in [-0.4, -0.2) is 26.0 Å². The van der Waals surface area contributed by atoms with E-state index in [4.69, 9.17) is 0 Å². The van der Waals surface area contributed by atoms with Crippen LogP contribution >= 0.6 is 0 Å². The Morgan fingerprint density at radius 2 is 1.92 bits per heavy atom. The summed E-state index contributed by atoms with van der Waals surface area (Å²) >= 11 is 0. The monoisotopic (exact) mass is 171 g/mol. The van der Waals surface area contributed by atoms with Crippen molar-refractivity contribution in [1.82, 2.24) is 5.32 Å². The van der Waals surface area contributed by atoms with E-state index in [0.717, 1.165) is 0 Å². The summed E-state index contributed by atoms with van der Waals surface area (Å²) in [6, 6.07) is 0. The zero-order valence-electron chi connectivity index (χ0n) is 7.29. The third-order valence-electron chi connectivity index (χ3n) is 1.26. The topological polar surface area (TPSA) is 55.4 Å². The molecule has 0 aliphatic carbocycles. The van der Waals surface area contributed by atoms with Crippen LogP contribution in [0, 0.1) is 0 Å². The van der Waals surface area contributed by atoms with Gasteiger partial charge < -0.3 is 10.1 Å². The molecule has 0 bridgehead atoms. The summed E-state index contributed by atoms with van der Waals surface area (Å²) in [4.78, 5) is 21.2. The van der Waals surface area contributed by atoms with Gasteiger partial charge in [-0.15, -0.1) is 0 Å². The van der Waals surface area contributed by atoms with Crippen LogP contribution in [0.3, 0.4) is 0 Å². The van der Waals surface area contributed by atoms with E-state index in [1.54, 1.807) is 19.2 Å². The highest BCUT2D eigenvalue weighted by atomic mass is 16.5. The largest absolute Gasteiger partial charge is 0.469 e. The van der Waals surface area contributed by atoms with Gasteiger partial charge in [0.1, 0.15) is 0 Å². The second-order valence-electron chi connectivity index (χ2n) is 2.13. The minimum absolute atomic E-state index is 0.0730. The molecule has 0 saturated carbocycles. The summed E-state index contributed by atoms with van der Waals surface area (Å²) < 4.78 is 4.39. The Kier molecular flexibility index (Phi) is 5.69. The predicted octanol–water partition coefficient (Wildman–Crippen LogP) is 0.242. The van der Waals surface area contributed by atoms with Crippen molar-refractivity contribution in [3.05, 3.63) is 12.2 Å². The molecular weight excluding hydrogens is 158 g/mol. The van der Waals surface area contributed by atoms with Crippen LogP contribution in [0.15, 0.2) is 12.2 Å². The number of carbonyl (C=O) groups excluding carboxylic acids is 2. The van der Waals surface area contributed by atoms with Crippen LogP contribution < -0.4 is 5.32 Å². The van der Waals surface area contributed by atoms with Gasteiger partial charge in [0.25, 0.3) is 0 Å². The van der Waals surface area contributed by atoms with E-state index in [1.807, 2.05) is 0 Å². The van der Waals surface area contributed by atoms with Crippen LogP contribution in [0.2, 0.25) is 0 Å². The van der Waals surface area contributed by atoms with E-state index in [9.17, 15) is 9.59 Å². The molecule has 0 heterocycles. The van der Waals surface area contributed by atoms with E-state index >= 15 is 0 Å². The second-order valence-corrected chi connectivity index (χ2v) is 2.13. The van der Waals surface area contributed by atoms with E-state index in [1.165, 1.54) is 7.11 Å². The zero-order valence-corrected chi connectivity index (χ0v) is 7.29. The SMILES string of the molecule is CNC(=O)CC=CCC(=O)OC. The summed E-state index contributed by atoms with van der Waals surface area (Å²) in [5.41, 5.74) is 0. The van der Waals surface area contributed by atoms with E-state index in [2.05, 4.69) is 10.1 Å². The number of carbonyl (C=O) groups is 2. The fourth-order valence-corrected chi connectivity index (χ4v) is 0.555. The van der Waals surface area contributed by atoms with Crippen molar-refractivity contribution < 1.29 is 14.3 Å². The lowest BCUT2D eigenvalue weighted by Crippen LogP contribution is -2.15. The summed E-state index contributed by atoms with van der Waals surface area (Å²) in [5, 5.41) is 2.46. The minimum Gasteiger partial charge on any atom is -0.469 e. The van der Waals surface area contributed by atoms with Crippen LogP contribution in [0.1, 0.15) is 12.8 Å². The molecule has 1 N–H and O–H groups in total. The zero-order chi connectivity index (χ0) is 9.40. The van der Waals surface area contributed by atoms with Crippen LogP contribution in [-0.2, 0) is 14.3 Å². The first kappa shape index (κ1) is 10.7. The molecule has 0 saturated heterocycles. The van der Waals surface area contributed by atoms with Crippen LogP contribution in [0.4, 0.5) is 0 Å². The predicted molar refractivity (Wildman–Crippen MR) is 44.5 cm³/mol. The van der Waals surface area contributed by atoms with Gasteiger partial charge in [-0.3, -0.25) is 9.59 Å². The van der Waals surface area contributed by atoms with E-state index < -0.39 is 0 Å². The van der Waals surface area contributed by atoms with Crippen molar-refractivity contribution in [3.63, 3.8) is 0 Å². The first-order chi connectivity index (χ1) is 5.70. The van der Waals surface area contributed by atoms with Crippen molar-refractivity contribution in [3.8, 4) is 0 Å². The molecule has 0 aromatic rings. The third-order valence-corrected chi connectivity index (χ3v) is 1.26. The number of ether oxygens (including phenoxy) is 1. The number of nitrogens with one attached hydrogen (secondary N) is 1. The van der Waals surface area contributed by atoms with Gasteiger partial charge in [-0.05, 0) is 0 Å². The molecule has 1 amide bonds. The van der Waals surface area contributed by atoms with Gasteiger partial charge >= 0.3 is 5.97 Å². The van der Waals surface area contributed by atoms with Gasteiger partial charge in [0.05, 0.1) is 13.5 Å². The molecule has 4 nitrogen and oxygen atoms in total. The quantitative estimate of drug-likeness (QED) is 0.487.